The smallest absolute Gasteiger partial charge is 0.255 e. The molecular formula is C21H24N2O3. The minimum atomic E-state index is -0.172. The number of ether oxygens (including phenoxy) is 1. The summed E-state index contributed by atoms with van der Waals surface area (Å²) >= 11 is 0. The predicted molar refractivity (Wildman–Crippen MR) is 101 cm³/mol. The molecule has 0 spiro atoms. The Kier molecular flexibility index (Phi) is 6.39. The molecule has 2 amide bonds. The van der Waals surface area contributed by atoms with Crippen LogP contribution in [0.2, 0.25) is 0 Å². The molecule has 5 heteroatoms. The van der Waals surface area contributed by atoms with Gasteiger partial charge in [0.1, 0.15) is 0 Å². The molecule has 0 heterocycles. The summed E-state index contributed by atoms with van der Waals surface area (Å²) in [6.07, 6.45) is 3.39. The minimum Gasteiger partial charge on any atom is -0.381 e. The molecule has 0 atom stereocenters. The van der Waals surface area contributed by atoms with E-state index in [-0.39, 0.29) is 11.8 Å². The highest BCUT2D eigenvalue weighted by molar-refractivity contribution is 6.04. The zero-order valence-corrected chi connectivity index (χ0v) is 14.7. The number of carbonyl (C=O) groups is 2. The Labute approximate surface area is 153 Å². The van der Waals surface area contributed by atoms with Gasteiger partial charge in [-0.05, 0) is 61.6 Å². The Morgan fingerprint density at radius 1 is 0.923 bits per heavy atom. The van der Waals surface area contributed by atoms with Gasteiger partial charge in [0.2, 0.25) is 0 Å². The van der Waals surface area contributed by atoms with Crippen LogP contribution in [-0.2, 0) is 4.74 Å². The largest absolute Gasteiger partial charge is 0.381 e. The van der Waals surface area contributed by atoms with Gasteiger partial charge in [0.05, 0.1) is 0 Å². The standard InChI is InChI=1S/C21H24N2O3/c24-20(22-13-4-14-26-15-16-7-8-16)18-9-11-19(12-10-18)23-21(25)17-5-2-1-3-6-17/h1-3,5-6,9-12,16H,4,7-8,13-15H2,(H,22,24)(H,23,25). The summed E-state index contributed by atoms with van der Waals surface area (Å²) in [6, 6.07) is 15.9. The highest BCUT2D eigenvalue weighted by atomic mass is 16.5. The van der Waals surface area contributed by atoms with Crippen molar-refractivity contribution in [1.29, 1.82) is 0 Å². The second-order valence-corrected chi connectivity index (χ2v) is 6.53. The molecule has 0 saturated heterocycles. The van der Waals surface area contributed by atoms with Gasteiger partial charge in [0.25, 0.3) is 11.8 Å². The van der Waals surface area contributed by atoms with Gasteiger partial charge in [0.15, 0.2) is 0 Å². The van der Waals surface area contributed by atoms with E-state index in [9.17, 15) is 9.59 Å². The number of carbonyl (C=O) groups excluding carboxylic acids is 2. The second kappa shape index (κ2) is 9.15. The van der Waals surface area contributed by atoms with E-state index in [0.717, 1.165) is 18.9 Å². The first-order valence-corrected chi connectivity index (χ1v) is 9.05. The van der Waals surface area contributed by atoms with E-state index in [0.29, 0.717) is 30.0 Å². The summed E-state index contributed by atoms with van der Waals surface area (Å²) in [6.45, 7) is 2.13. The Morgan fingerprint density at radius 3 is 2.31 bits per heavy atom. The molecule has 2 aromatic rings. The average Bonchev–Trinajstić information content (AvgIpc) is 3.50. The van der Waals surface area contributed by atoms with Crippen molar-refractivity contribution < 1.29 is 14.3 Å². The molecule has 0 aliphatic heterocycles. The Balaban J connectivity index is 1.40. The van der Waals surface area contributed by atoms with Crippen molar-refractivity contribution in [3.63, 3.8) is 0 Å². The highest BCUT2D eigenvalue weighted by Gasteiger charge is 2.20. The lowest BCUT2D eigenvalue weighted by Gasteiger charge is -2.08. The molecule has 1 saturated carbocycles. The summed E-state index contributed by atoms with van der Waals surface area (Å²) in [7, 11) is 0. The van der Waals surface area contributed by atoms with Crippen molar-refractivity contribution in [1.82, 2.24) is 5.32 Å². The fourth-order valence-electron chi connectivity index (χ4n) is 2.51. The summed E-state index contributed by atoms with van der Waals surface area (Å²) in [5.74, 6) is 0.479. The van der Waals surface area contributed by atoms with Gasteiger partial charge in [-0.3, -0.25) is 9.59 Å². The van der Waals surface area contributed by atoms with Crippen LogP contribution in [0.1, 0.15) is 40.0 Å². The Morgan fingerprint density at radius 2 is 1.62 bits per heavy atom. The van der Waals surface area contributed by atoms with Crippen molar-refractivity contribution in [3.05, 3.63) is 65.7 Å². The van der Waals surface area contributed by atoms with E-state index in [1.807, 2.05) is 18.2 Å². The van der Waals surface area contributed by atoms with E-state index in [1.54, 1.807) is 36.4 Å². The molecule has 0 radical (unpaired) electrons. The van der Waals surface area contributed by atoms with Gasteiger partial charge in [-0.2, -0.15) is 0 Å². The lowest BCUT2D eigenvalue weighted by atomic mass is 10.1. The molecule has 0 aromatic heterocycles. The molecule has 2 aromatic carbocycles. The monoisotopic (exact) mass is 352 g/mol. The number of anilines is 1. The zero-order valence-electron chi connectivity index (χ0n) is 14.7. The highest BCUT2D eigenvalue weighted by Crippen LogP contribution is 2.28. The Bertz CT molecular complexity index is 725. The zero-order chi connectivity index (χ0) is 18.2. The van der Waals surface area contributed by atoms with Gasteiger partial charge in [0, 0.05) is 36.6 Å². The normalized spacial score (nSPS) is 13.2. The first kappa shape index (κ1) is 18.1. The maximum atomic E-state index is 12.1. The minimum absolute atomic E-state index is 0.117. The topological polar surface area (TPSA) is 67.4 Å². The van der Waals surface area contributed by atoms with E-state index >= 15 is 0 Å². The third-order valence-electron chi connectivity index (χ3n) is 4.24. The van der Waals surface area contributed by atoms with Gasteiger partial charge in [-0.25, -0.2) is 0 Å². The number of hydrogen-bond acceptors (Lipinski definition) is 3. The summed E-state index contributed by atoms with van der Waals surface area (Å²) in [4.78, 5) is 24.2. The fourth-order valence-corrected chi connectivity index (χ4v) is 2.51. The van der Waals surface area contributed by atoms with Gasteiger partial charge in [-0.15, -0.1) is 0 Å². The van der Waals surface area contributed by atoms with Crippen LogP contribution in [0, 0.1) is 5.92 Å². The number of nitrogens with one attached hydrogen (secondary N) is 2. The summed E-state index contributed by atoms with van der Waals surface area (Å²) in [5, 5.41) is 5.70. The Hall–Kier alpha value is -2.66. The van der Waals surface area contributed by atoms with Crippen LogP contribution in [0.25, 0.3) is 0 Å². The van der Waals surface area contributed by atoms with Crippen LogP contribution in [0.5, 0.6) is 0 Å². The van der Waals surface area contributed by atoms with E-state index in [4.69, 9.17) is 4.74 Å². The van der Waals surface area contributed by atoms with Gasteiger partial charge < -0.3 is 15.4 Å². The van der Waals surface area contributed by atoms with Crippen LogP contribution in [0.3, 0.4) is 0 Å². The fraction of sp³-hybridized carbons (Fsp3) is 0.333. The number of benzene rings is 2. The molecule has 136 valence electrons. The van der Waals surface area contributed by atoms with Crippen LogP contribution < -0.4 is 10.6 Å². The molecule has 5 nitrogen and oxygen atoms in total. The lowest BCUT2D eigenvalue weighted by Crippen LogP contribution is -2.25. The average molecular weight is 352 g/mol. The van der Waals surface area contributed by atoms with Crippen LogP contribution >= 0.6 is 0 Å². The van der Waals surface area contributed by atoms with E-state index in [2.05, 4.69) is 10.6 Å². The maximum Gasteiger partial charge on any atom is 0.255 e. The molecule has 1 fully saturated rings. The van der Waals surface area contributed by atoms with E-state index in [1.165, 1.54) is 12.8 Å². The van der Waals surface area contributed by atoms with Crippen LogP contribution in [-0.4, -0.2) is 31.6 Å². The van der Waals surface area contributed by atoms with Crippen LogP contribution in [0.4, 0.5) is 5.69 Å². The second-order valence-electron chi connectivity index (χ2n) is 6.53. The van der Waals surface area contributed by atoms with Crippen molar-refractivity contribution in [3.8, 4) is 0 Å². The SMILES string of the molecule is O=C(NCCCOCC1CC1)c1ccc(NC(=O)c2ccccc2)cc1. The predicted octanol–water partition coefficient (Wildman–Crippen LogP) is 3.49. The maximum absolute atomic E-state index is 12.1. The summed E-state index contributed by atoms with van der Waals surface area (Å²) < 4.78 is 5.54. The molecule has 26 heavy (non-hydrogen) atoms. The number of amides is 2. The molecule has 1 aliphatic rings. The van der Waals surface area contributed by atoms with Gasteiger partial charge >= 0.3 is 0 Å². The molecule has 0 unspecified atom stereocenters. The van der Waals surface area contributed by atoms with Gasteiger partial charge in [-0.1, -0.05) is 18.2 Å². The van der Waals surface area contributed by atoms with Crippen molar-refractivity contribution in [2.45, 2.75) is 19.3 Å². The molecule has 3 rings (SSSR count). The van der Waals surface area contributed by atoms with Crippen LogP contribution in [0.15, 0.2) is 54.6 Å². The third-order valence-corrected chi connectivity index (χ3v) is 4.24. The summed E-state index contributed by atoms with van der Waals surface area (Å²) in [5.41, 5.74) is 1.82. The van der Waals surface area contributed by atoms with Crippen molar-refractivity contribution in [2.75, 3.05) is 25.1 Å². The number of rotatable bonds is 9. The lowest BCUT2D eigenvalue weighted by molar-refractivity contribution is 0.0937. The van der Waals surface area contributed by atoms with Crippen molar-refractivity contribution in [2.24, 2.45) is 5.92 Å². The molecule has 0 bridgehead atoms. The third kappa shape index (κ3) is 5.70. The molecule has 1 aliphatic carbocycles. The first-order valence-electron chi connectivity index (χ1n) is 9.05. The molecular weight excluding hydrogens is 328 g/mol. The molecule has 2 N–H and O–H groups in total. The number of hydrogen-bond donors (Lipinski definition) is 2. The quantitative estimate of drug-likeness (QED) is 0.679. The van der Waals surface area contributed by atoms with Crippen molar-refractivity contribution >= 4 is 17.5 Å². The van der Waals surface area contributed by atoms with E-state index < -0.39 is 0 Å². The first-order chi connectivity index (χ1) is 12.7.